The Morgan fingerprint density at radius 3 is 2.50 bits per heavy atom. The zero-order chi connectivity index (χ0) is 14.5. The number of primary amides is 1. The number of carbonyl (C=O) groups is 1. The molecule has 1 heterocycles. The zero-order valence-corrected chi connectivity index (χ0v) is 11.8. The predicted octanol–water partition coefficient (Wildman–Crippen LogP) is 3.19. The number of carbonyl (C=O) groups excluding carboxylic acids is 1. The summed E-state index contributed by atoms with van der Waals surface area (Å²) in [6, 6.07) is 11.6. The summed E-state index contributed by atoms with van der Waals surface area (Å²) in [5, 5.41) is 3.15. The number of aryl methyl sites for hydroxylation is 2. The lowest BCUT2D eigenvalue weighted by Gasteiger charge is -2.10. The molecule has 0 unspecified atom stereocenters. The zero-order valence-electron chi connectivity index (χ0n) is 11.8. The van der Waals surface area contributed by atoms with Crippen LogP contribution in [0.15, 0.2) is 36.4 Å². The minimum atomic E-state index is -0.484. The summed E-state index contributed by atoms with van der Waals surface area (Å²) in [7, 11) is 0. The fourth-order valence-electron chi connectivity index (χ4n) is 2.03. The van der Waals surface area contributed by atoms with Gasteiger partial charge in [0, 0.05) is 11.4 Å². The number of amides is 1. The SMILES string of the molecule is CCCc1ccc(Nc2nc(C)ccc2C(N)=O)cc1. The summed E-state index contributed by atoms with van der Waals surface area (Å²) in [6.45, 7) is 4.03. The molecule has 0 saturated carbocycles. The molecule has 1 aromatic heterocycles. The molecule has 1 amide bonds. The topological polar surface area (TPSA) is 68.0 Å². The van der Waals surface area contributed by atoms with E-state index in [0.29, 0.717) is 11.4 Å². The summed E-state index contributed by atoms with van der Waals surface area (Å²) in [6.07, 6.45) is 2.19. The minimum Gasteiger partial charge on any atom is -0.365 e. The van der Waals surface area contributed by atoms with Crippen LogP contribution in [0.4, 0.5) is 11.5 Å². The fraction of sp³-hybridized carbons (Fsp3) is 0.250. The number of anilines is 2. The second-order valence-corrected chi connectivity index (χ2v) is 4.78. The first-order valence-electron chi connectivity index (χ1n) is 6.73. The third kappa shape index (κ3) is 3.35. The van der Waals surface area contributed by atoms with Crippen LogP contribution in [0.2, 0.25) is 0 Å². The van der Waals surface area contributed by atoms with E-state index in [1.54, 1.807) is 12.1 Å². The molecule has 0 saturated heterocycles. The quantitative estimate of drug-likeness (QED) is 0.876. The van der Waals surface area contributed by atoms with Crippen molar-refractivity contribution in [2.75, 3.05) is 5.32 Å². The maximum atomic E-state index is 11.4. The van der Waals surface area contributed by atoms with Gasteiger partial charge >= 0.3 is 0 Å². The van der Waals surface area contributed by atoms with Gasteiger partial charge in [0.15, 0.2) is 0 Å². The van der Waals surface area contributed by atoms with Crippen molar-refractivity contribution in [1.29, 1.82) is 0 Å². The molecule has 0 aliphatic carbocycles. The number of pyridine rings is 1. The number of aromatic nitrogens is 1. The summed E-state index contributed by atoms with van der Waals surface area (Å²) >= 11 is 0. The Bertz CT molecular complexity index is 606. The van der Waals surface area contributed by atoms with Gasteiger partial charge in [-0.1, -0.05) is 25.5 Å². The second-order valence-electron chi connectivity index (χ2n) is 4.78. The molecule has 4 heteroatoms. The molecule has 2 rings (SSSR count). The van der Waals surface area contributed by atoms with Crippen LogP contribution in [0.3, 0.4) is 0 Å². The molecule has 2 aromatic rings. The number of nitrogens with one attached hydrogen (secondary N) is 1. The Morgan fingerprint density at radius 2 is 1.90 bits per heavy atom. The lowest BCUT2D eigenvalue weighted by Crippen LogP contribution is -2.14. The largest absolute Gasteiger partial charge is 0.365 e. The lowest BCUT2D eigenvalue weighted by molar-refractivity contribution is 0.100. The van der Waals surface area contributed by atoms with E-state index >= 15 is 0 Å². The van der Waals surface area contributed by atoms with Gasteiger partial charge in [-0.2, -0.15) is 0 Å². The van der Waals surface area contributed by atoms with Gasteiger partial charge in [0.05, 0.1) is 5.56 Å². The Labute approximate surface area is 119 Å². The molecule has 104 valence electrons. The van der Waals surface area contributed by atoms with E-state index in [-0.39, 0.29) is 0 Å². The number of nitrogens with two attached hydrogens (primary N) is 1. The molecule has 0 aliphatic rings. The van der Waals surface area contributed by atoms with E-state index in [2.05, 4.69) is 29.4 Å². The Morgan fingerprint density at radius 1 is 1.20 bits per heavy atom. The second kappa shape index (κ2) is 6.19. The van der Waals surface area contributed by atoms with Crippen molar-refractivity contribution in [2.24, 2.45) is 5.73 Å². The molecule has 0 fully saturated rings. The number of rotatable bonds is 5. The van der Waals surface area contributed by atoms with Crippen molar-refractivity contribution in [3.8, 4) is 0 Å². The van der Waals surface area contributed by atoms with Gasteiger partial charge in [0.2, 0.25) is 0 Å². The average Bonchev–Trinajstić information content (AvgIpc) is 2.41. The van der Waals surface area contributed by atoms with Crippen LogP contribution in [-0.2, 0) is 6.42 Å². The van der Waals surface area contributed by atoms with E-state index in [4.69, 9.17) is 5.73 Å². The molecule has 20 heavy (non-hydrogen) atoms. The van der Waals surface area contributed by atoms with Crippen LogP contribution in [0.5, 0.6) is 0 Å². The monoisotopic (exact) mass is 269 g/mol. The molecule has 0 bridgehead atoms. The summed E-state index contributed by atoms with van der Waals surface area (Å²) in [5.41, 5.74) is 8.78. The molecule has 3 N–H and O–H groups in total. The summed E-state index contributed by atoms with van der Waals surface area (Å²) < 4.78 is 0. The van der Waals surface area contributed by atoms with Gasteiger partial charge in [-0.25, -0.2) is 4.98 Å². The van der Waals surface area contributed by atoms with E-state index < -0.39 is 5.91 Å². The highest BCUT2D eigenvalue weighted by atomic mass is 16.1. The Balaban J connectivity index is 2.25. The minimum absolute atomic E-state index is 0.397. The van der Waals surface area contributed by atoms with E-state index in [9.17, 15) is 4.79 Å². The highest BCUT2D eigenvalue weighted by Gasteiger charge is 2.10. The van der Waals surface area contributed by atoms with Crippen LogP contribution >= 0.6 is 0 Å². The maximum absolute atomic E-state index is 11.4. The van der Waals surface area contributed by atoms with Crippen molar-refractivity contribution < 1.29 is 4.79 Å². The van der Waals surface area contributed by atoms with Gasteiger partial charge in [0.1, 0.15) is 5.82 Å². The van der Waals surface area contributed by atoms with E-state index in [1.807, 2.05) is 19.1 Å². The van der Waals surface area contributed by atoms with Gasteiger partial charge < -0.3 is 11.1 Å². The normalized spacial score (nSPS) is 10.3. The highest BCUT2D eigenvalue weighted by Crippen LogP contribution is 2.20. The standard InChI is InChI=1S/C16H19N3O/c1-3-4-12-6-8-13(9-7-12)19-16-14(15(17)20)10-5-11(2)18-16/h5-10H,3-4H2,1-2H3,(H2,17,20)(H,18,19). The highest BCUT2D eigenvalue weighted by molar-refractivity contribution is 5.98. The third-order valence-electron chi connectivity index (χ3n) is 3.06. The molecule has 0 atom stereocenters. The predicted molar refractivity (Wildman–Crippen MR) is 81.2 cm³/mol. The number of nitrogens with zero attached hydrogens (tertiary/aromatic N) is 1. The number of hydrogen-bond acceptors (Lipinski definition) is 3. The average molecular weight is 269 g/mol. The molecule has 0 spiro atoms. The molecule has 4 nitrogen and oxygen atoms in total. The van der Waals surface area contributed by atoms with Crippen LogP contribution in [-0.4, -0.2) is 10.9 Å². The Kier molecular flexibility index (Phi) is 4.35. The van der Waals surface area contributed by atoms with Crippen molar-refractivity contribution in [1.82, 2.24) is 4.98 Å². The lowest BCUT2D eigenvalue weighted by atomic mass is 10.1. The number of hydrogen-bond donors (Lipinski definition) is 2. The number of benzene rings is 1. The van der Waals surface area contributed by atoms with Crippen LogP contribution in [0, 0.1) is 6.92 Å². The molecule has 0 aliphatic heterocycles. The molecular weight excluding hydrogens is 250 g/mol. The third-order valence-corrected chi connectivity index (χ3v) is 3.06. The van der Waals surface area contributed by atoms with Crippen molar-refractivity contribution >= 4 is 17.4 Å². The fourth-order valence-corrected chi connectivity index (χ4v) is 2.03. The van der Waals surface area contributed by atoms with Crippen LogP contribution in [0.25, 0.3) is 0 Å². The van der Waals surface area contributed by atoms with Crippen molar-refractivity contribution in [3.63, 3.8) is 0 Å². The molecule has 1 aromatic carbocycles. The molecular formula is C16H19N3O. The first-order chi connectivity index (χ1) is 9.60. The first-order valence-corrected chi connectivity index (χ1v) is 6.73. The first kappa shape index (κ1) is 14.1. The van der Waals surface area contributed by atoms with E-state index in [1.165, 1.54) is 5.56 Å². The van der Waals surface area contributed by atoms with Gasteiger partial charge in [0.25, 0.3) is 5.91 Å². The van der Waals surface area contributed by atoms with Gasteiger partial charge in [-0.15, -0.1) is 0 Å². The summed E-state index contributed by atoms with van der Waals surface area (Å²) in [5.74, 6) is 0.0170. The van der Waals surface area contributed by atoms with Crippen LogP contribution in [0.1, 0.15) is 35.0 Å². The smallest absolute Gasteiger partial charge is 0.252 e. The summed E-state index contributed by atoms with van der Waals surface area (Å²) in [4.78, 5) is 15.7. The van der Waals surface area contributed by atoms with E-state index in [0.717, 1.165) is 24.2 Å². The van der Waals surface area contributed by atoms with Gasteiger partial charge in [-0.3, -0.25) is 4.79 Å². The van der Waals surface area contributed by atoms with Crippen molar-refractivity contribution in [3.05, 3.63) is 53.2 Å². The van der Waals surface area contributed by atoms with Crippen LogP contribution < -0.4 is 11.1 Å². The van der Waals surface area contributed by atoms with Crippen molar-refractivity contribution in [2.45, 2.75) is 26.7 Å². The maximum Gasteiger partial charge on any atom is 0.252 e. The Hall–Kier alpha value is -2.36. The van der Waals surface area contributed by atoms with Gasteiger partial charge in [-0.05, 0) is 43.2 Å². The molecule has 0 radical (unpaired) electrons.